The number of carbonyl (C=O) groups is 1. The number of alkyl carbamates (subject to hydrolysis) is 1. The molecule has 1 rings (SSSR count). The number of ether oxygens (including phenoxy) is 1. The minimum absolute atomic E-state index is 0. The van der Waals surface area contributed by atoms with E-state index in [2.05, 4.69) is 10.1 Å². The van der Waals surface area contributed by atoms with Gasteiger partial charge in [-0.2, -0.15) is 0 Å². The molecule has 0 spiro atoms. The largest absolute Gasteiger partial charge is 0.448 e. The molecule has 1 fully saturated rings. The molecule has 42 valence electrons. The van der Waals surface area contributed by atoms with Gasteiger partial charge in [-0.25, -0.2) is 4.79 Å². The lowest BCUT2D eigenvalue weighted by atomic mass is 10.7. The number of hydrogen-bond donors (Lipinski definition) is 1. The van der Waals surface area contributed by atoms with Crippen LogP contribution in [0.3, 0.4) is 0 Å². The Bertz CT molecular complexity index is 67.3. The van der Waals surface area contributed by atoms with Crippen LogP contribution in [0.25, 0.3) is 0 Å². The van der Waals surface area contributed by atoms with Gasteiger partial charge in [-0.3, -0.25) is 0 Å². The Hall–Kier alpha value is -0.250. The summed E-state index contributed by atoms with van der Waals surface area (Å²) < 4.78 is 4.40. The number of carbonyl (C=O) groups excluding carboxylic acids is 1. The van der Waals surface area contributed by atoms with Gasteiger partial charge in [0.15, 0.2) is 0 Å². The van der Waals surface area contributed by atoms with E-state index in [0.29, 0.717) is 13.2 Å². The molecule has 0 atom stereocenters. The normalized spacial score (nSPS) is 16.9. The summed E-state index contributed by atoms with van der Waals surface area (Å²) >= 11 is 0. The van der Waals surface area contributed by atoms with Crippen LogP contribution in [0.15, 0.2) is 0 Å². The lowest BCUT2D eigenvalue weighted by Crippen LogP contribution is -2.11. The van der Waals surface area contributed by atoms with E-state index < -0.39 is 0 Å². The standard InChI is InChI=1S/C3H5NO2.BrH/c5-3-4-1-2-6-3;/h1-2H2,(H,4,5);1H. The summed E-state index contributed by atoms with van der Waals surface area (Å²) in [4.78, 5) is 9.91. The second-order valence-electron chi connectivity index (χ2n) is 1.06. The van der Waals surface area contributed by atoms with Crippen LogP contribution in [-0.2, 0) is 4.74 Å². The molecule has 4 heteroatoms. The smallest absolute Gasteiger partial charge is 0.407 e. The molecule has 3 nitrogen and oxygen atoms in total. The minimum Gasteiger partial charge on any atom is -0.448 e. The quantitative estimate of drug-likeness (QED) is 0.564. The van der Waals surface area contributed by atoms with E-state index in [4.69, 9.17) is 0 Å². The summed E-state index contributed by atoms with van der Waals surface area (Å²) in [6, 6.07) is 0. The Labute approximate surface area is 51.8 Å². The molecule has 0 aromatic rings. The van der Waals surface area contributed by atoms with Gasteiger partial charge in [0.25, 0.3) is 0 Å². The molecule has 1 aliphatic heterocycles. The lowest BCUT2D eigenvalue weighted by Gasteiger charge is -1.80. The molecule has 0 saturated carbocycles. The molecule has 0 radical (unpaired) electrons. The van der Waals surface area contributed by atoms with E-state index >= 15 is 0 Å². The molecule has 0 unspecified atom stereocenters. The molecule has 7 heavy (non-hydrogen) atoms. The number of nitrogens with one attached hydrogen (secondary N) is 1. The zero-order valence-electron chi connectivity index (χ0n) is 3.64. The van der Waals surface area contributed by atoms with Crippen molar-refractivity contribution < 1.29 is 9.53 Å². The third-order valence-corrected chi connectivity index (χ3v) is 0.605. The van der Waals surface area contributed by atoms with Crippen molar-refractivity contribution in [3.8, 4) is 0 Å². The van der Waals surface area contributed by atoms with Gasteiger partial charge in [0, 0.05) is 0 Å². The fourth-order valence-corrected chi connectivity index (χ4v) is 0.348. The van der Waals surface area contributed by atoms with E-state index in [1.165, 1.54) is 0 Å². The second-order valence-corrected chi connectivity index (χ2v) is 1.06. The maximum absolute atomic E-state index is 9.91. The highest BCUT2D eigenvalue weighted by atomic mass is 79.9. The number of amides is 1. The Morgan fingerprint density at radius 3 is 2.57 bits per heavy atom. The predicted molar refractivity (Wildman–Crippen MR) is 29.7 cm³/mol. The molecule has 0 aliphatic carbocycles. The van der Waals surface area contributed by atoms with Crippen molar-refractivity contribution in [3.63, 3.8) is 0 Å². The zero-order chi connectivity index (χ0) is 4.41. The average molecular weight is 168 g/mol. The second kappa shape index (κ2) is 2.85. The van der Waals surface area contributed by atoms with Crippen molar-refractivity contribution in [2.75, 3.05) is 13.2 Å². The fraction of sp³-hybridized carbons (Fsp3) is 0.667. The van der Waals surface area contributed by atoms with Crippen LogP contribution in [0.2, 0.25) is 0 Å². The van der Waals surface area contributed by atoms with Gasteiger partial charge < -0.3 is 10.1 Å². The van der Waals surface area contributed by atoms with Gasteiger partial charge in [0.1, 0.15) is 6.61 Å². The number of cyclic esters (lactones) is 1. The van der Waals surface area contributed by atoms with Crippen LogP contribution in [0, 0.1) is 0 Å². The molecule has 1 aliphatic rings. The molecular formula is C3H6BrNO2. The fourth-order valence-electron chi connectivity index (χ4n) is 0.348. The monoisotopic (exact) mass is 167 g/mol. The molecule has 1 amide bonds. The van der Waals surface area contributed by atoms with Gasteiger partial charge in [0.2, 0.25) is 0 Å². The van der Waals surface area contributed by atoms with E-state index in [0.717, 1.165) is 0 Å². The van der Waals surface area contributed by atoms with Gasteiger partial charge in [-0.15, -0.1) is 17.0 Å². The number of halogens is 1. The minimum atomic E-state index is -0.296. The summed E-state index contributed by atoms with van der Waals surface area (Å²) in [7, 11) is 0. The van der Waals surface area contributed by atoms with Gasteiger partial charge in [-0.1, -0.05) is 0 Å². The van der Waals surface area contributed by atoms with Crippen LogP contribution in [0.5, 0.6) is 0 Å². The van der Waals surface area contributed by atoms with Crippen LogP contribution in [0.1, 0.15) is 0 Å². The Morgan fingerprint density at radius 2 is 2.43 bits per heavy atom. The summed E-state index contributed by atoms with van der Waals surface area (Å²) in [6.07, 6.45) is -0.296. The first kappa shape index (κ1) is 6.75. The molecule has 1 heterocycles. The lowest BCUT2D eigenvalue weighted by molar-refractivity contribution is 0.178. The summed E-state index contributed by atoms with van der Waals surface area (Å²) in [6.45, 7) is 1.19. The summed E-state index contributed by atoms with van der Waals surface area (Å²) in [5, 5.41) is 2.46. The highest BCUT2D eigenvalue weighted by molar-refractivity contribution is 8.93. The molecule has 0 bridgehead atoms. The molecule has 1 saturated heterocycles. The number of hydrogen-bond acceptors (Lipinski definition) is 2. The van der Waals surface area contributed by atoms with Gasteiger partial charge in [0.05, 0.1) is 6.54 Å². The summed E-state index contributed by atoms with van der Waals surface area (Å²) in [5.74, 6) is 0. The first-order chi connectivity index (χ1) is 2.89. The Kier molecular flexibility index (Phi) is 2.75. The predicted octanol–water partition coefficient (Wildman–Crippen LogP) is 0.304. The maximum Gasteiger partial charge on any atom is 0.407 e. The third-order valence-electron chi connectivity index (χ3n) is 0.605. The van der Waals surface area contributed by atoms with E-state index in [1.807, 2.05) is 0 Å². The van der Waals surface area contributed by atoms with Crippen molar-refractivity contribution in [2.24, 2.45) is 0 Å². The first-order valence-electron chi connectivity index (χ1n) is 1.80. The van der Waals surface area contributed by atoms with E-state index in [9.17, 15) is 4.79 Å². The first-order valence-corrected chi connectivity index (χ1v) is 1.80. The van der Waals surface area contributed by atoms with Crippen LogP contribution < -0.4 is 5.32 Å². The van der Waals surface area contributed by atoms with Crippen molar-refractivity contribution in [1.82, 2.24) is 5.32 Å². The van der Waals surface area contributed by atoms with Crippen molar-refractivity contribution in [1.29, 1.82) is 0 Å². The van der Waals surface area contributed by atoms with E-state index in [1.54, 1.807) is 0 Å². The van der Waals surface area contributed by atoms with Crippen LogP contribution in [0.4, 0.5) is 4.79 Å². The van der Waals surface area contributed by atoms with Crippen LogP contribution in [-0.4, -0.2) is 19.2 Å². The topological polar surface area (TPSA) is 38.3 Å². The highest BCUT2D eigenvalue weighted by Crippen LogP contribution is 1.82. The van der Waals surface area contributed by atoms with Gasteiger partial charge in [-0.05, 0) is 0 Å². The van der Waals surface area contributed by atoms with Crippen molar-refractivity contribution in [3.05, 3.63) is 0 Å². The Balaban J connectivity index is 0.000000360. The van der Waals surface area contributed by atoms with E-state index in [-0.39, 0.29) is 23.1 Å². The molecule has 0 aromatic carbocycles. The third kappa shape index (κ3) is 1.77. The molecule has 0 aromatic heterocycles. The maximum atomic E-state index is 9.91. The van der Waals surface area contributed by atoms with Crippen molar-refractivity contribution in [2.45, 2.75) is 0 Å². The number of rotatable bonds is 0. The Morgan fingerprint density at radius 1 is 1.71 bits per heavy atom. The molecule has 1 N–H and O–H groups in total. The van der Waals surface area contributed by atoms with Gasteiger partial charge >= 0.3 is 6.09 Å². The summed E-state index contributed by atoms with van der Waals surface area (Å²) in [5.41, 5.74) is 0. The average Bonchev–Trinajstić information content (AvgIpc) is 1.86. The van der Waals surface area contributed by atoms with Crippen molar-refractivity contribution >= 4 is 23.1 Å². The SMILES string of the molecule is Br.O=C1NCCO1. The molecular weight excluding hydrogens is 162 g/mol. The zero-order valence-corrected chi connectivity index (χ0v) is 5.35. The van der Waals surface area contributed by atoms with Crippen LogP contribution >= 0.6 is 17.0 Å². The highest BCUT2D eigenvalue weighted by Gasteiger charge is 2.06.